The molecule has 82 valence electrons. The molecule has 3 heteroatoms. The second-order valence-corrected chi connectivity index (χ2v) is 4.87. The highest BCUT2D eigenvalue weighted by Gasteiger charge is 2.36. The van der Waals surface area contributed by atoms with E-state index in [0.29, 0.717) is 5.69 Å². The van der Waals surface area contributed by atoms with Crippen LogP contribution in [0.5, 0.6) is 0 Å². The highest BCUT2D eigenvalue weighted by atomic mass is 15.2. The molecule has 2 aliphatic rings. The molecule has 1 saturated carbocycles. The van der Waals surface area contributed by atoms with Crippen LogP contribution in [-0.4, -0.2) is 18.1 Å². The van der Waals surface area contributed by atoms with E-state index in [1.807, 2.05) is 18.3 Å². The molecule has 0 radical (unpaired) electrons. The van der Waals surface area contributed by atoms with Gasteiger partial charge in [0.15, 0.2) is 0 Å². The van der Waals surface area contributed by atoms with E-state index < -0.39 is 0 Å². The Morgan fingerprint density at radius 3 is 2.56 bits per heavy atom. The van der Waals surface area contributed by atoms with E-state index in [0.717, 1.165) is 11.8 Å². The SMILES string of the molecule is N#Cc1ccc(N2CC3CCCC3C2)cn1. The van der Waals surface area contributed by atoms with Crippen molar-refractivity contribution in [2.75, 3.05) is 18.0 Å². The quantitative estimate of drug-likeness (QED) is 0.718. The van der Waals surface area contributed by atoms with Gasteiger partial charge >= 0.3 is 0 Å². The first-order valence-corrected chi connectivity index (χ1v) is 5.98. The fraction of sp³-hybridized carbons (Fsp3) is 0.538. The minimum absolute atomic E-state index is 0.503. The topological polar surface area (TPSA) is 39.9 Å². The number of rotatable bonds is 1. The molecule has 0 bridgehead atoms. The number of hydrogen-bond donors (Lipinski definition) is 0. The molecule has 2 fully saturated rings. The summed E-state index contributed by atoms with van der Waals surface area (Å²) in [6.07, 6.45) is 6.03. The Morgan fingerprint density at radius 2 is 2.00 bits per heavy atom. The lowest BCUT2D eigenvalue weighted by atomic mass is 10.0. The second kappa shape index (κ2) is 3.79. The third-order valence-corrected chi connectivity index (χ3v) is 3.95. The predicted octanol–water partition coefficient (Wildman–Crippen LogP) is 2.19. The summed E-state index contributed by atoms with van der Waals surface area (Å²) in [5.74, 6) is 1.80. The molecule has 3 rings (SSSR count). The number of fused-ring (bicyclic) bond motifs is 1. The van der Waals surface area contributed by atoms with Gasteiger partial charge in [0.25, 0.3) is 0 Å². The lowest BCUT2D eigenvalue weighted by molar-refractivity contribution is 0.494. The molecule has 0 spiro atoms. The molecule has 2 unspecified atom stereocenters. The first-order chi connectivity index (χ1) is 7.86. The molecule has 0 N–H and O–H groups in total. The molecule has 1 aliphatic carbocycles. The third kappa shape index (κ3) is 1.55. The monoisotopic (exact) mass is 213 g/mol. The summed E-state index contributed by atoms with van der Waals surface area (Å²) >= 11 is 0. The van der Waals surface area contributed by atoms with Gasteiger partial charge in [-0.3, -0.25) is 0 Å². The van der Waals surface area contributed by atoms with E-state index in [4.69, 9.17) is 5.26 Å². The first kappa shape index (κ1) is 9.65. The van der Waals surface area contributed by atoms with Crippen molar-refractivity contribution in [1.82, 2.24) is 4.98 Å². The summed E-state index contributed by atoms with van der Waals surface area (Å²) in [5.41, 5.74) is 1.68. The van der Waals surface area contributed by atoms with Crippen LogP contribution < -0.4 is 4.90 Å². The van der Waals surface area contributed by atoms with E-state index in [-0.39, 0.29) is 0 Å². The minimum atomic E-state index is 0.503. The van der Waals surface area contributed by atoms with Crippen LogP contribution in [0.1, 0.15) is 25.0 Å². The van der Waals surface area contributed by atoms with Crippen LogP contribution in [0.2, 0.25) is 0 Å². The average Bonchev–Trinajstić information content (AvgIpc) is 2.89. The van der Waals surface area contributed by atoms with Gasteiger partial charge in [-0.1, -0.05) is 6.42 Å². The fourth-order valence-electron chi connectivity index (χ4n) is 3.09. The van der Waals surface area contributed by atoms with Crippen LogP contribution in [-0.2, 0) is 0 Å². The number of hydrogen-bond acceptors (Lipinski definition) is 3. The first-order valence-electron chi connectivity index (χ1n) is 5.98. The molecule has 2 heterocycles. The van der Waals surface area contributed by atoms with Crippen LogP contribution in [0.4, 0.5) is 5.69 Å². The van der Waals surface area contributed by atoms with E-state index in [1.165, 1.54) is 38.0 Å². The van der Waals surface area contributed by atoms with Gasteiger partial charge in [0, 0.05) is 13.1 Å². The molecule has 1 aliphatic heterocycles. The van der Waals surface area contributed by atoms with Gasteiger partial charge in [0.2, 0.25) is 0 Å². The molecular formula is C13H15N3. The number of aromatic nitrogens is 1. The van der Waals surface area contributed by atoms with E-state index in [2.05, 4.69) is 16.0 Å². The molecule has 0 aromatic carbocycles. The summed E-state index contributed by atoms with van der Waals surface area (Å²) in [6, 6.07) is 5.88. The van der Waals surface area contributed by atoms with Crippen molar-refractivity contribution in [3.63, 3.8) is 0 Å². The van der Waals surface area contributed by atoms with Gasteiger partial charge in [-0.15, -0.1) is 0 Å². The Kier molecular flexibility index (Phi) is 2.28. The van der Waals surface area contributed by atoms with E-state index >= 15 is 0 Å². The van der Waals surface area contributed by atoms with E-state index in [9.17, 15) is 0 Å². The van der Waals surface area contributed by atoms with Crippen LogP contribution >= 0.6 is 0 Å². The number of nitriles is 1. The van der Waals surface area contributed by atoms with Crippen molar-refractivity contribution in [3.05, 3.63) is 24.0 Å². The number of pyridine rings is 1. The Hall–Kier alpha value is -1.56. The molecule has 16 heavy (non-hydrogen) atoms. The van der Waals surface area contributed by atoms with Crippen molar-refractivity contribution in [1.29, 1.82) is 5.26 Å². The molecule has 0 amide bonds. The summed E-state index contributed by atoms with van der Waals surface area (Å²) < 4.78 is 0. The van der Waals surface area contributed by atoms with Gasteiger partial charge in [-0.05, 0) is 36.8 Å². The Bertz CT molecular complexity index is 406. The molecule has 2 atom stereocenters. The largest absolute Gasteiger partial charge is 0.370 e. The Balaban J connectivity index is 1.76. The van der Waals surface area contributed by atoms with Gasteiger partial charge < -0.3 is 4.90 Å². The van der Waals surface area contributed by atoms with Crippen molar-refractivity contribution in [2.24, 2.45) is 11.8 Å². The maximum Gasteiger partial charge on any atom is 0.140 e. The Morgan fingerprint density at radius 1 is 1.25 bits per heavy atom. The fourth-order valence-corrected chi connectivity index (χ4v) is 3.09. The van der Waals surface area contributed by atoms with Crippen molar-refractivity contribution in [2.45, 2.75) is 19.3 Å². The molecule has 1 aromatic rings. The Labute approximate surface area is 95.7 Å². The van der Waals surface area contributed by atoms with Crippen molar-refractivity contribution in [3.8, 4) is 6.07 Å². The van der Waals surface area contributed by atoms with Gasteiger partial charge in [-0.2, -0.15) is 5.26 Å². The zero-order valence-corrected chi connectivity index (χ0v) is 9.26. The zero-order valence-electron chi connectivity index (χ0n) is 9.26. The highest BCUT2D eigenvalue weighted by molar-refractivity contribution is 5.47. The summed E-state index contributed by atoms with van der Waals surface area (Å²) in [7, 11) is 0. The second-order valence-electron chi connectivity index (χ2n) is 4.87. The molecule has 3 nitrogen and oxygen atoms in total. The zero-order chi connectivity index (χ0) is 11.0. The maximum absolute atomic E-state index is 8.70. The minimum Gasteiger partial charge on any atom is -0.370 e. The van der Waals surface area contributed by atoms with Crippen LogP contribution in [0, 0.1) is 23.2 Å². The van der Waals surface area contributed by atoms with Gasteiger partial charge in [-0.25, -0.2) is 4.98 Å². The van der Waals surface area contributed by atoms with Crippen molar-refractivity contribution >= 4 is 5.69 Å². The standard InChI is InChI=1S/C13H15N3/c14-6-12-4-5-13(7-15-12)16-8-10-2-1-3-11(10)9-16/h4-5,7,10-11H,1-3,8-9H2. The summed E-state index contributed by atoms with van der Waals surface area (Å²) in [5, 5.41) is 8.70. The smallest absolute Gasteiger partial charge is 0.140 e. The highest BCUT2D eigenvalue weighted by Crippen LogP contribution is 2.39. The number of nitrogens with zero attached hydrogens (tertiary/aromatic N) is 3. The van der Waals surface area contributed by atoms with Crippen molar-refractivity contribution < 1.29 is 0 Å². The average molecular weight is 213 g/mol. The molecule has 1 saturated heterocycles. The number of anilines is 1. The summed E-state index contributed by atoms with van der Waals surface area (Å²) in [6.45, 7) is 2.36. The molecule has 1 aromatic heterocycles. The maximum atomic E-state index is 8.70. The van der Waals surface area contributed by atoms with Crippen LogP contribution in [0.3, 0.4) is 0 Å². The van der Waals surface area contributed by atoms with Gasteiger partial charge in [0.05, 0.1) is 11.9 Å². The van der Waals surface area contributed by atoms with Crippen LogP contribution in [0.25, 0.3) is 0 Å². The third-order valence-electron chi connectivity index (χ3n) is 3.95. The van der Waals surface area contributed by atoms with Crippen LogP contribution in [0.15, 0.2) is 18.3 Å². The summed E-state index contributed by atoms with van der Waals surface area (Å²) in [4.78, 5) is 6.55. The lowest BCUT2D eigenvalue weighted by Gasteiger charge is -2.18. The van der Waals surface area contributed by atoms with E-state index in [1.54, 1.807) is 0 Å². The predicted molar refractivity (Wildman–Crippen MR) is 62.0 cm³/mol. The lowest BCUT2D eigenvalue weighted by Crippen LogP contribution is -2.20. The normalized spacial score (nSPS) is 27.8. The van der Waals surface area contributed by atoms with Gasteiger partial charge in [0.1, 0.15) is 11.8 Å². The molecular weight excluding hydrogens is 198 g/mol.